The molecule has 0 heterocycles. The number of amides is 1. The van der Waals surface area contributed by atoms with E-state index in [1.54, 1.807) is 42.6 Å². The fourth-order valence-electron chi connectivity index (χ4n) is 2.31. The minimum absolute atomic E-state index is 0.333. The predicted octanol–water partition coefficient (Wildman–Crippen LogP) is 5.99. The third-order valence-electron chi connectivity index (χ3n) is 3.74. The second kappa shape index (κ2) is 9.60. The Bertz CT molecular complexity index is 1000. The van der Waals surface area contributed by atoms with Crippen LogP contribution in [-0.4, -0.2) is 12.1 Å². The molecule has 3 aromatic carbocycles. The highest BCUT2D eigenvalue weighted by molar-refractivity contribution is 6.42. The van der Waals surface area contributed by atoms with Crippen LogP contribution in [0.5, 0.6) is 5.75 Å². The summed E-state index contributed by atoms with van der Waals surface area (Å²) in [5.41, 5.74) is 4.64. The molecule has 0 aromatic heterocycles. The Hall–Kier alpha value is -2.53. The number of nitrogens with zero attached hydrogens (tertiary/aromatic N) is 1. The lowest BCUT2D eigenvalue weighted by Crippen LogP contribution is -2.17. The number of halogens is 3. The summed E-state index contributed by atoms with van der Waals surface area (Å²) in [6.45, 7) is 0.375. The van der Waals surface area contributed by atoms with Crippen LogP contribution < -0.4 is 10.2 Å². The van der Waals surface area contributed by atoms with Crippen LogP contribution in [-0.2, 0) is 6.61 Å². The number of benzene rings is 3. The molecule has 142 valence electrons. The van der Waals surface area contributed by atoms with Gasteiger partial charge >= 0.3 is 0 Å². The zero-order valence-electron chi connectivity index (χ0n) is 14.5. The molecule has 0 unspecified atom stereocenters. The summed E-state index contributed by atoms with van der Waals surface area (Å²) < 4.78 is 5.73. The molecule has 4 nitrogen and oxygen atoms in total. The molecule has 1 N–H and O–H groups in total. The van der Waals surface area contributed by atoms with Crippen LogP contribution in [0.3, 0.4) is 0 Å². The van der Waals surface area contributed by atoms with Gasteiger partial charge in [-0.2, -0.15) is 5.10 Å². The van der Waals surface area contributed by atoms with E-state index >= 15 is 0 Å². The highest BCUT2D eigenvalue weighted by Gasteiger charge is 2.04. The lowest BCUT2D eigenvalue weighted by Gasteiger charge is -2.07. The van der Waals surface area contributed by atoms with E-state index in [-0.39, 0.29) is 5.91 Å². The van der Waals surface area contributed by atoms with Crippen molar-refractivity contribution >= 4 is 46.9 Å². The monoisotopic (exact) mass is 432 g/mol. The van der Waals surface area contributed by atoms with Gasteiger partial charge in [-0.05, 0) is 65.7 Å². The van der Waals surface area contributed by atoms with Crippen molar-refractivity contribution in [2.75, 3.05) is 0 Å². The Kier molecular flexibility index (Phi) is 6.93. The molecule has 0 saturated carbocycles. The maximum absolute atomic E-state index is 12.0. The van der Waals surface area contributed by atoms with Crippen molar-refractivity contribution in [3.63, 3.8) is 0 Å². The maximum atomic E-state index is 12.0. The SMILES string of the molecule is O=C(N/N=C\c1ccc(OCc2ccc(Cl)c(Cl)c2)cc1)c1cccc(Cl)c1. The standard InChI is InChI=1S/C21H15Cl3N2O2/c22-17-3-1-2-16(11-17)21(27)26-25-12-14-4-7-18(8-5-14)28-13-15-6-9-19(23)20(24)10-15/h1-12H,13H2,(H,26,27)/b25-12-. The fraction of sp³-hybridized carbons (Fsp3) is 0.0476. The molecule has 0 aliphatic heterocycles. The minimum Gasteiger partial charge on any atom is -0.489 e. The number of rotatable bonds is 6. The lowest BCUT2D eigenvalue weighted by atomic mass is 10.2. The Labute approximate surface area is 177 Å². The van der Waals surface area contributed by atoms with Crippen molar-refractivity contribution in [2.24, 2.45) is 5.10 Å². The number of carbonyl (C=O) groups is 1. The number of carbonyl (C=O) groups excluding carboxylic acids is 1. The third-order valence-corrected chi connectivity index (χ3v) is 4.71. The van der Waals surface area contributed by atoms with Gasteiger partial charge in [0.2, 0.25) is 0 Å². The molecule has 0 aliphatic rings. The van der Waals surface area contributed by atoms with Crippen molar-refractivity contribution in [1.29, 1.82) is 0 Å². The second-order valence-electron chi connectivity index (χ2n) is 5.82. The van der Waals surface area contributed by atoms with Gasteiger partial charge in [-0.25, -0.2) is 5.43 Å². The van der Waals surface area contributed by atoms with Gasteiger partial charge in [0.15, 0.2) is 0 Å². The van der Waals surface area contributed by atoms with Crippen LogP contribution in [0.4, 0.5) is 0 Å². The van der Waals surface area contributed by atoms with E-state index in [1.807, 2.05) is 30.3 Å². The van der Waals surface area contributed by atoms with Crippen molar-refractivity contribution < 1.29 is 9.53 Å². The Morgan fingerprint density at radius 1 is 0.964 bits per heavy atom. The van der Waals surface area contributed by atoms with Gasteiger partial charge in [0.1, 0.15) is 12.4 Å². The first-order chi connectivity index (χ1) is 13.5. The highest BCUT2D eigenvalue weighted by Crippen LogP contribution is 2.23. The number of hydrogen-bond acceptors (Lipinski definition) is 3. The van der Waals surface area contributed by atoms with Crippen LogP contribution in [0, 0.1) is 0 Å². The normalized spacial score (nSPS) is 10.8. The average Bonchev–Trinajstić information content (AvgIpc) is 2.70. The van der Waals surface area contributed by atoms with Crippen LogP contribution in [0.1, 0.15) is 21.5 Å². The summed E-state index contributed by atoms with van der Waals surface area (Å²) in [7, 11) is 0. The van der Waals surface area contributed by atoms with Crippen molar-refractivity contribution in [3.8, 4) is 5.75 Å². The van der Waals surface area contributed by atoms with Crippen molar-refractivity contribution in [1.82, 2.24) is 5.43 Å². The number of hydrazone groups is 1. The molecular weight excluding hydrogens is 419 g/mol. The summed E-state index contributed by atoms with van der Waals surface area (Å²) >= 11 is 17.8. The van der Waals surface area contributed by atoms with E-state index in [0.717, 1.165) is 11.1 Å². The first-order valence-corrected chi connectivity index (χ1v) is 9.40. The van der Waals surface area contributed by atoms with Crippen LogP contribution >= 0.6 is 34.8 Å². The van der Waals surface area contributed by atoms with E-state index in [4.69, 9.17) is 39.5 Å². The summed E-state index contributed by atoms with van der Waals surface area (Å²) in [5.74, 6) is 0.367. The fourth-order valence-corrected chi connectivity index (χ4v) is 2.82. The zero-order valence-corrected chi connectivity index (χ0v) is 16.8. The molecule has 7 heteroatoms. The molecule has 1 amide bonds. The van der Waals surface area contributed by atoms with Gasteiger partial charge in [-0.1, -0.05) is 46.9 Å². The van der Waals surface area contributed by atoms with Gasteiger partial charge in [-0.3, -0.25) is 4.79 Å². The molecule has 0 radical (unpaired) electrons. The Balaban J connectivity index is 1.53. The van der Waals surface area contributed by atoms with Gasteiger partial charge in [0, 0.05) is 10.6 Å². The molecule has 0 saturated heterocycles. The summed E-state index contributed by atoms with van der Waals surface area (Å²) in [6.07, 6.45) is 1.55. The minimum atomic E-state index is -0.333. The molecule has 3 rings (SSSR count). The second-order valence-corrected chi connectivity index (χ2v) is 7.07. The quantitative estimate of drug-likeness (QED) is 0.383. The van der Waals surface area contributed by atoms with E-state index < -0.39 is 0 Å². The summed E-state index contributed by atoms with van der Waals surface area (Å²) in [5, 5.41) is 5.45. The van der Waals surface area contributed by atoms with Gasteiger partial charge in [-0.15, -0.1) is 0 Å². The topological polar surface area (TPSA) is 50.7 Å². The molecule has 3 aromatic rings. The molecule has 0 fully saturated rings. The summed E-state index contributed by atoms with van der Waals surface area (Å²) in [6, 6.07) is 19.3. The molecule has 0 bridgehead atoms. The average molecular weight is 434 g/mol. The molecule has 28 heavy (non-hydrogen) atoms. The largest absolute Gasteiger partial charge is 0.489 e. The lowest BCUT2D eigenvalue weighted by molar-refractivity contribution is 0.0955. The highest BCUT2D eigenvalue weighted by atomic mass is 35.5. The molecular formula is C21H15Cl3N2O2. The van der Waals surface area contributed by atoms with E-state index in [2.05, 4.69) is 10.5 Å². The molecule has 0 aliphatic carbocycles. The van der Waals surface area contributed by atoms with E-state index in [9.17, 15) is 4.79 Å². The van der Waals surface area contributed by atoms with Gasteiger partial charge in [0.25, 0.3) is 5.91 Å². The number of nitrogens with one attached hydrogen (secondary N) is 1. The van der Waals surface area contributed by atoms with Crippen LogP contribution in [0.2, 0.25) is 15.1 Å². The summed E-state index contributed by atoms with van der Waals surface area (Å²) in [4.78, 5) is 12.0. The smallest absolute Gasteiger partial charge is 0.271 e. The third kappa shape index (κ3) is 5.73. The zero-order chi connectivity index (χ0) is 19.9. The van der Waals surface area contributed by atoms with E-state index in [0.29, 0.717) is 33.0 Å². The number of ether oxygens (including phenoxy) is 1. The molecule has 0 spiro atoms. The van der Waals surface area contributed by atoms with E-state index in [1.165, 1.54) is 0 Å². The predicted molar refractivity (Wildman–Crippen MR) is 114 cm³/mol. The van der Waals surface area contributed by atoms with Crippen molar-refractivity contribution in [3.05, 3.63) is 98.5 Å². The van der Waals surface area contributed by atoms with Crippen LogP contribution in [0.15, 0.2) is 71.8 Å². The van der Waals surface area contributed by atoms with Gasteiger partial charge < -0.3 is 4.74 Å². The number of hydrogen-bond donors (Lipinski definition) is 1. The Morgan fingerprint density at radius 3 is 2.46 bits per heavy atom. The van der Waals surface area contributed by atoms with Gasteiger partial charge in [0.05, 0.1) is 16.3 Å². The maximum Gasteiger partial charge on any atom is 0.271 e. The molecule has 0 atom stereocenters. The van der Waals surface area contributed by atoms with Crippen molar-refractivity contribution in [2.45, 2.75) is 6.61 Å². The Morgan fingerprint density at radius 2 is 1.75 bits per heavy atom. The van der Waals surface area contributed by atoms with Crippen LogP contribution in [0.25, 0.3) is 0 Å². The first kappa shape index (κ1) is 20.2. The first-order valence-electron chi connectivity index (χ1n) is 8.27.